The van der Waals surface area contributed by atoms with Gasteiger partial charge >= 0.3 is 18.2 Å². The highest BCUT2D eigenvalue weighted by molar-refractivity contribution is 5.93. The monoisotopic (exact) mass is 375 g/mol. The third-order valence-corrected chi connectivity index (χ3v) is 3.12. The maximum atomic E-state index is 12.3. The summed E-state index contributed by atoms with van der Waals surface area (Å²) in [6, 6.07) is 10.4. The minimum atomic E-state index is -1.17. The molecule has 0 unspecified atom stereocenters. The minimum Gasteiger partial charge on any atom is -0.508 e. The number of ether oxygens (including phenoxy) is 3. The van der Waals surface area contributed by atoms with Gasteiger partial charge in [0.05, 0.1) is 6.61 Å². The van der Waals surface area contributed by atoms with Gasteiger partial charge in [-0.15, -0.1) is 0 Å². The fourth-order valence-corrected chi connectivity index (χ4v) is 1.88. The van der Waals surface area contributed by atoms with E-state index in [0.29, 0.717) is 4.90 Å². The van der Waals surface area contributed by atoms with Crippen molar-refractivity contribution in [1.29, 1.82) is 0 Å². The fourth-order valence-electron chi connectivity index (χ4n) is 1.88. The molecule has 142 valence electrons. The van der Waals surface area contributed by atoms with Gasteiger partial charge in [0.2, 0.25) is 0 Å². The van der Waals surface area contributed by atoms with Crippen molar-refractivity contribution < 1.29 is 38.8 Å². The van der Waals surface area contributed by atoms with Crippen molar-refractivity contribution in [2.75, 3.05) is 13.2 Å². The highest BCUT2D eigenvalue weighted by atomic mass is 16.6. The highest BCUT2D eigenvalue weighted by Crippen LogP contribution is 2.19. The number of esters is 1. The molecule has 0 bridgehead atoms. The van der Waals surface area contributed by atoms with Crippen LogP contribution in [0.15, 0.2) is 48.5 Å². The molecule has 0 radical (unpaired) electrons. The molecule has 0 aliphatic rings. The van der Waals surface area contributed by atoms with E-state index in [1.54, 1.807) is 6.92 Å². The Kier molecular flexibility index (Phi) is 6.59. The Morgan fingerprint density at radius 2 is 1.22 bits per heavy atom. The molecule has 2 aromatic rings. The Hall–Kier alpha value is -3.75. The van der Waals surface area contributed by atoms with Crippen LogP contribution in [-0.2, 0) is 9.53 Å². The van der Waals surface area contributed by atoms with Gasteiger partial charge in [0.25, 0.3) is 0 Å². The lowest BCUT2D eigenvalue weighted by Gasteiger charge is -2.19. The number of phenols is 2. The quantitative estimate of drug-likeness (QED) is 0.765. The molecule has 2 amide bonds. The molecule has 9 heteroatoms. The maximum absolute atomic E-state index is 12.3. The average molecular weight is 375 g/mol. The molecule has 0 atom stereocenters. The van der Waals surface area contributed by atoms with Gasteiger partial charge in [0.1, 0.15) is 29.5 Å². The van der Waals surface area contributed by atoms with Crippen LogP contribution >= 0.6 is 0 Å². The van der Waals surface area contributed by atoms with Gasteiger partial charge in [-0.1, -0.05) is 0 Å². The van der Waals surface area contributed by atoms with Gasteiger partial charge in [-0.25, -0.2) is 14.5 Å². The summed E-state index contributed by atoms with van der Waals surface area (Å²) in [6.07, 6.45) is -2.34. The predicted molar refractivity (Wildman–Crippen MR) is 91.6 cm³/mol. The van der Waals surface area contributed by atoms with Gasteiger partial charge in [-0.05, 0) is 55.5 Å². The molecule has 0 aromatic heterocycles. The largest absolute Gasteiger partial charge is 0.508 e. The molecule has 0 saturated carbocycles. The molecule has 2 rings (SSSR count). The SMILES string of the molecule is CCOC(=O)CN(C(=O)Oc1ccc(O)cc1)C(=O)Oc1ccc(O)cc1. The second kappa shape index (κ2) is 9.09. The fraction of sp³-hybridized carbons (Fsp3) is 0.167. The van der Waals surface area contributed by atoms with Crippen LogP contribution in [0.4, 0.5) is 9.59 Å². The van der Waals surface area contributed by atoms with Crippen LogP contribution in [-0.4, -0.2) is 46.4 Å². The Labute approximate surface area is 154 Å². The molecule has 27 heavy (non-hydrogen) atoms. The summed E-state index contributed by atoms with van der Waals surface area (Å²) in [4.78, 5) is 36.8. The minimum absolute atomic E-state index is 0.0371. The molecule has 0 heterocycles. The molecule has 0 fully saturated rings. The van der Waals surface area contributed by atoms with E-state index in [4.69, 9.17) is 14.2 Å². The number of hydrogen-bond donors (Lipinski definition) is 2. The van der Waals surface area contributed by atoms with Crippen LogP contribution in [0.5, 0.6) is 23.0 Å². The van der Waals surface area contributed by atoms with Gasteiger partial charge < -0.3 is 24.4 Å². The van der Waals surface area contributed by atoms with Crippen molar-refractivity contribution in [3.63, 3.8) is 0 Å². The zero-order valence-corrected chi connectivity index (χ0v) is 14.3. The number of nitrogens with zero attached hydrogens (tertiary/aromatic N) is 1. The number of carbonyl (C=O) groups is 3. The third-order valence-electron chi connectivity index (χ3n) is 3.12. The van der Waals surface area contributed by atoms with Crippen LogP contribution < -0.4 is 9.47 Å². The van der Waals surface area contributed by atoms with E-state index in [0.717, 1.165) is 0 Å². The maximum Gasteiger partial charge on any atom is 0.425 e. The lowest BCUT2D eigenvalue weighted by molar-refractivity contribution is -0.143. The summed E-state index contributed by atoms with van der Waals surface area (Å²) in [5.74, 6) is -0.814. The Bertz CT molecular complexity index is 742. The lowest BCUT2D eigenvalue weighted by atomic mass is 10.3. The Morgan fingerprint density at radius 1 is 0.815 bits per heavy atom. The number of carbonyl (C=O) groups excluding carboxylic acids is 3. The lowest BCUT2D eigenvalue weighted by Crippen LogP contribution is -2.44. The zero-order chi connectivity index (χ0) is 19.8. The first-order valence-corrected chi connectivity index (χ1v) is 7.84. The molecule has 9 nitrogen and oxygen atoms in total. The van der Waals surface area contributed by atoms with E-state index in [1.165, 1.54) is 48.5 Å². The molecular formula is C18H17NO8. The van der Waals surface area contributed by atoms with Gasteiger partial charge in [0.15, 0.2) is 0 Å². The number of imide groups is 1. The zero-order valence-electron chi connectivity index (χ0n) is 14.3. The molecule has 0 saturated heterocycles. The normalized spacial score (nSPS) is 9.96. The van der Waals surface area contributed by atoms with Crippen molar-refractivity contribution in [2.24, 2.45) is 0 Å². The van der Waals surface area contributed by atoms with Crippen molar-refractivity contribution in [2.45, 2.75) is 6.92 Å². The number of rotatable bonds is 5. The van der Waals surface area contributed by atoms with E-state index < -0.39 is 24.7 Å². The average Bonchev–Trinajstić information content (AvgIpc) is 2.63. The van der Waals surface area contributed by atoms with E-state index >= 15 is 0 Å². The first-order chi connectivity index (χ1) is 12.9. The number of hydrogen-bond acceptors (Lipinski definition) is 8. The van der Waals surface area contributed by atoms with E-state index in [2.05, 4.69) is 0 Å². The molecule has 0 aliphatic heterocycles. The van der Waals surface area contributed by atoms with Gasteiger partial charge in [0, 0.05) is 0 Å². The van der Waals surface area contributed by atoms with Crippen LogP contribution in [0.3, 0.4) is 0 Å². The molecule has 0 spiro atoms. The Morgan fingerprint density at radius 3 is 1.59 bits per heavy atom. The smallest absolute Gasteiger partial charge is 0.425 e. The van der Waals surface area contributed by atoms with E-state index in [9.17, 15) is 24.6 Å². The van der Waals surface area contributed by atoms with Crippen LogP contribution in [0.2, 0.25) is 0 Å². The molecular weight excluding hydrogens is 358 g/mol. The number of phenolic OH excluding ortho intramolecular Hbond substituents is 2. The summed E-state index contributed by atoms with van der Waals surface area (Å²) in [7, 11) is 0. The summed E-state index contributed by atoms with van der Waals surface area (Å²) in [6.45, 7) is 0.917. The van der Waals surface area contributed by atoms with Crippen molar-refractivity contribution in [1.82, 2.24) is 4.90 Å². The second-order valence-electron chi connectivity index (χ2n) is 5.11. The Balaban J connectivity index is 2.14. The molecule has 0 aliphatic carbocycles. The van der Waals surface area contributed by atoms with Crippen molar-refractivity contribution in [3.05, 3.63) is 48.5 Å². The van der Waals surface area contributed by atoms with Crippen LogP contribution in [0, 0.1) is 0 Å². The summed E-state index contributed by atoms with van der Waals surface area (Å²) in [5.41, 5.74) is 0. The topological polar surface area (TPSA) is 123 Å². The van der Waals surface area contributed by atoms with Gasteiger partial charge in [-0.2, -0.15) is 0 Å². The molecule has 2 aromatic carbocycles. The van der Waals surface area contributed by atoms with E-state index in [-0.39, 0.29) is 29.6 Å². The first kappa shape index (κ1) is 19.6. The number of aromatic hydroxyl groups is 2. The van der Waals surface area contributed by atoms with Crippen LogP contribution in [0.1, 0.15) is 6.92 Å². The number of benzene rings is 2. The third kappa shape index (κ3) is 5.92. The standard InChI is InChI=1S/C18H17NO8/c1-2-25-16(22)11-19(17(23)26-14-7-3-12(20)4-8-14)18(24)27-15-9-5-13(21)6-10-15/h3-10,20-21H,2,11H2,1H3. The van der Waals surface area contributed by atoms with Gasteiger partial charge in [-0.3, -0.25) is 4.79 Å². The first-order valence-electron chi connectivity index (χ1n) is 7.84. The molecule has 2 N–H and O–H groups in total. The summed E-state index contributed by atoms with van der Waals surface area (Å²) < 4.78 is 14.8. The highest BCUT2D eigenvalue weighted by Gasteiger charge is 2.29. The van der Waals surface area contributed by atoms with Crippen LogP contribution in [0.25, 0.3) is 0 Å². The second-order valence-corrected chi connectivity index (χ2v) is 5.11. The predicted octanol–water partition coefficient (Wildman–Crippen LogP) is 2.66. The summed E-state index contributed by atoms with van der Waals surface area (Å²) in [5, 5.41) is 18.5. The van der Waals surface area contributed by atoms with Crippen molar-refractivity contribution in [3.8, 4) is 23.0 Å². The number of amides is 2. The summed E-state index contributed by atoms with van der Waals surface area (Å²) >= 11 is 0. The van der Waals surface area contributed by atoms with Crippen molar-refractivity contribution >= 4 is 18.2 Å². The van der Waals surface area contributed by atoms with E-state index in [1.807, 2.05) is 0 Å².